The molecule has 2 aromatic heterocycles. The van der Waals surface area contributed by atoms with Gasteiger partial charge < -0.3 is 24.6 Å². The Hall–Kier alpha value is -4.02. The van der Waals surface area contributed by atoms with Gasteiger partial charge in [-0.1, -0.05) is 19.1 Å². The molecule has 0 saturated carbocycles. The van der Waals surface area contributed by atoms with E-state index in [1.807, 2.05) is 6.92 Å². The summed E-state index contributed by atoms with van der Waals surface area (Å²) in [5.74, 6) is 0.0373. The molecule has 0 atom stereocenters. The lowest BCUT2D eigenvalue weighted by Gasteiger charge is -2.14. The Balaban J connectivity index is 1.59. The number of aliphatic hydroxyl groups excluding tert-OH is 1. The first-order valence-electron chi connectivity index (χ1n) is 11.9. The minimum Gasteiger partial charge on any atom is -0.494 e. The van der Waals surface area contributed by atoms with E-state index in [0.29, 0.717) is 45.0 Å². The highest BCUT2D eigenvalue weighted by Gasteiger charge is 2.21. The van der Waals surface area contributed by atoms with Gasteiger partial charge in [0.15, 0.2) is 17.3 Å². The maximum absolute atomic E-state index is 14.3. The normalized spacial score (nSPS) is 10.9. The minimum atomic E-state index is -0.478. The number of thiophene rings is 1. The monoisotopic (exact) mass is 538 g/mol. The largest absolute Gasteiger partial charge is 0.494 e. The third kappa shape index (κ3) is 5.46. The van der Waals surface area contributed by atoms with E-state index < -0.39 is 11.7 Å². The Bertz CT molecular complexity index is 1490. The van der Waals surface area contributed by atoms with Gasteiger partial charge >= 0.3 is 0 Å². The summed E-state index contributed by atoms with van der Waals surface area (Å²) in [6.07, 6.45) is 0.576. The number of carbonyl (C=O) groups excluding carboxylic acids is 2. The molecule has 10 heteroatoms. The molecule has 0 aliphatic carbocycles. The van der Waals surface area contributed by atoms with Crippen LogP contribution in [0.2, 0.25) is 0 Å². The highest BCUT2D eigenvalue weighted by molar-refractivity contribution is 7.17. The number of hydrogen-bond acceptors (Lipinski definition) is 8. The van der Waals surface area contributed by atoms with E-state index in [-0.39, 0.29) is 36.8 Å². The highest BCUT2D eigenvalue weighted by Crippen LogP contribution is 2.40. The summed E-state index contributed by atoms with van der Waals surface area (Å²) in [7, 11) is 2.97. The first-order valence-corrected chi connectivity index (χ1v) is 12.8. The molecule has 4 rings (SSSR count). The molecule has 2 N–H and O–H groups in total. The molecule has 0 bridgehead atoms. The summed E-state index contributed by atoms with van der Waals surface area (Å²) in [5.41, 5.74) is 2.33. The zero-order chi connectivity index (χ0) is 27.2. The van der Waals surface area contributed by atoms with E-state index in [4.69, 9.17) is 19.3 Å². The number of ether oxygens (including phenoxy) is 3. The van der Waals surface area contributed by atoms with Crippen LogP contribution in [-0.4, -0.2) is 55.8 Å². The van der Waals surface area contributed by atoms with Crippen LogP contribution in [0.4, 0.5) is 4.39 Å². The number of aliphatic hydroxyl groups is 1. The predicted molar refractivity (Wildman–Crippen MR) is 143 cm³/mol. The number of nitrogens with one attached hydrogen (secondary N) is 1. The fourth-order valence-corrected chi connectivity index (χ4v) is 5.00. The number of hydrogen-bond donors (Lipinski definition) is 2. The van der Waals surface area contributed by atoms with Crippen LogP contribution in [0, 0.1) is 5.82 Å². The second-order valence-electron chi connectivity index (χ2n) is 8.21. The SMILES string of the molecule is CCc1cc(C(=O)CNC(=O)c2ccc(OCCO)c(OC)c2)nc(-c2csc3c(F)cccc23)c1OC. The van der Waals surface area contributed by atoms with Crippen LogP contribution in [0.3, 0.4) is 0 Å². The number of benzene rings is 2. The van der Waals surface area contributed by atoms with Crippen LogP contribution >= 0.6 is 11.3 Å². The first kappa shape index (κ1) is 27.0. The number of methoxy groups -OCH3 is 2. The van der Waals surface area contributed by atoms with Gasteiger partial charge in [-0.15, -0.1) is 11.3 Å². The van der Waals surface area contributed by atoms with E-state index in [1.54, 1.807) is 29.6 Å². The van der Waals surface area contributed by atoms with Gasteiger partial charge in [0, 0.05) is 21.9 Å². The number of carbonyl (C=O) groups is 2. The minimum absolute atomic E-state index is 0.0864. The zero-order valence-electron chi connectivity index (χ0n) is 21.2. The van der Waals surface area contributed by atoms with Crippen LogP contribution < -0.4 is 19.5 Å². The lowest BCUT2D eigenvalue weighted by Crippen LogP contribution is -2.30. The molecular weight excluding hydrogens is 511 g/mol. The van der Waals surface area contributed by atoms with Crippen LogP contribution in [0.5, 0.6) is 17.2 Å². The van der Waals surface area contributed by atoms with Crippen molar-refractivity contribution in [2.75, 3.05) is 34.0 Å². The number of ketones is 1. The fraction of sp³-hybridized carbons (Fsp3) is 0.250. The third-order valence-electron chi connectivity index (χ3n) is 5.91. The Morgan fingerprint density at radius 2 is 1.92 bits per heavy atom. The van der Waals surface area contributed by atoms with Crippen LogP contribution in [0.1, 0.15) is 33.3 Å². The Morgan fingerprint density at radius 3 is 2.63 bits per heavy atom. The number of aromatic nitrogens is 1. The zero-order valence-corrected chi connectivity index (χ0v) is 22.0. The van der Waals surface area contributed by atoms with Crippen LogP contribution in [0.25, 0.3) is 21.3 Å². The molecule has 2 aromatic carbocycles. The van der Waals surface area contributed by atoms with Crippen molar-refractivity contribution in [3.05, 3.63) is 70.5 Å². The topological polar surface area (TPSA) is 107 Å². The van der Waals surface area contributed by atoms with E-state index in [9.17, 15) is 14.0 Å². The fourth-order valence-electron chi connectivity index (χ4n) is 4.04. The lowest BCUT2D eigenvalue weighted by molar-refractivity contribution is 0.0902. The molecule has 198 valence electrons. The lowest BCUT2D eigenvalue weighted by atomic mass is 10.0. The molecule has 0 radical (unpaired) electrons. The number of amides is 1. The standard InChI is InChI=1S/C28H27FN2O6S/c1-4-16-12-21(31-25(26(16)36-3)19-15-38-27-18(19)6-5-7-20(27)29)22(33)14-30-28(34)17-8-9-23(37-11-10-32)24(13-17)35-2/h5-9,12-13,15,32H,4,10-11,14H2,1-3H3,(H,30,34). The number of halogens is 1. The molecule has 0 aliphatic heterocycles. The number of pyridine rings is 1. The molecule has 2 heterocycles. The molecule has 0 spiro atoms. The smallest absolute Gasteiger partial charge is 0.251 e. The number of Topliss-reactive ketones (excluding diaryl/α,β-unsaturated/α-hetero) is 1. The summed E-state index contributed by atoms with van der Waals surface area (Å²) in [4.78, 5) is 30.5. The summed E-state index contributed by atoms with van der Waals surface area (Å²) in [6.45, 7) is 1.58. The van der Waals surface area contributed by atoms with Gasteiger partial charge in [-0.2, -0.15) is 0 Å². The van der Waals surface area contributed by atoms with Crippen LogP contribution in [-0.2, 0) is 6.42 Å². The van der Waals surface area contributed by atoms with Gasteiger partial charge in [-0.05, 0) is 42.3 Å². The molecule has 8 nitrogen and oxygen atoms in total. The van der Waals surface area contributed by atoms with Crippen molar-refractivity contribution in [3.63, 3.8) is 0 Å². The molecule has 0 fully saturated rings. The van der Waals surface area contributed by atoms with Gasteiger partial charge in [0.1, 0.15) is 29.6 Å². The van der Waals surface area contributed by atoms with E-state index in [0.717, 1.165) is 5.56 Å². The summed E-state index contributed by atoms with van der Waals surface area (Å²) in [5, 5.41) is 14.1. The number of fused-ring (bicyclic) bond motifs is 1. The molecule has 0 saturated heterocycles. The Morgan fingerprint density at radius 1 is 1.11 bits per heavy atom. The van der Waals surface area contributed by atoms with Crippen molar-refractivity contribution in [1.82, 2.24) is 10.3 Å². The molecule has 0 unspecified atom stereocenters. The van der Waals surface area contributed by atoms with Gasteiger partial charge in [0.2, 0.25) is 0 Å². The van der Waals surface area contributed by atoms with E-state index in [2.05, 4.69) is 10.3 Å². The average Bonchev–Trinajstić information content (AvgIpc) is 3.39. The number of nitrogens with zero attached hydrogens (tertiary/aromatic N) is 1. The van der Waals surface area contributed by atoms with E-state index >= 15 is 0 Å². The number of rotatable bonds is 11. The van der Waals surface area contributed by atoms with Gasteiger partial charge in [-0.3, -0.25) is 9.59 Å². The van der Waals surface area contributed by atoms with E-state index in [1.165, 1.54) is 43.8 Å². The summed E-state index contributed by atoms with van der Waals surface area (Å²) >= 11 is 1.26. The second kappa shape index (κ2) is 12.0. The average molecular weight is 539 g/mol. The predicted octanol–water partition coefficient (Wildman–Crippen LogP) is 4.67. The Kier molecular flexibility index (Phi) is 8.55. The second-order valence-corrected chi connectivity index (χ2v) is 9.09. The maximum atomic E-state index is 14.3. The molecule has 0 aliphatic rings. The number of aryl methyl sites for hydroxylation is 1. The highest BCUT2D eigenvalue weighted by atomic mass is 32.1. The van der Waals surface area contributed by atoms with Gasteiger partial charge in [0.25, 0.3) is 5.91 Å². The molecular formula is C28H27FN2O6S. The van der Waals surface area contributed by atoms with Crippen molar-refractivity contribution >= 4 is 33.1 Å². The van der Waals surface area contributed by atoms with Crippen molar-refractivity contribution < 1.29 is 33.3 Å². The van der Waals surface area contributed by atoms with Gasteiger partial charge in [0.05, 0.1) is 32.1 Å². The third-order valence-corrected chi connectivity index (χ3v) is 6.92. The van der Waals surface area contributed by atoms with Gasteiger partial charge in [-0.25, -0.2) is 9.37 Å². The van der Waals surface area contributed by atoms with Crippen molar-refractivity contribution in [2.45, 2.75) is 13.3 Å². The van der Waals surface area contributed by atoms with Crippen LogP contribution in [0.15, 0.2) is 47.8 Å². The first-order chi connectivity index (χ1) is 18.4. The van der Waals surface area contributed by atoms with Crippen molar-refractivity contribution in [2.24, 2.45) is 0 Å². The Labute approximate surface area is 223 Å². The molecule has 1 amide bonds. The van der Waals surface area contributed by atoms with Crippen molar-refractivity contribution in [1.29, 1.82) is 0 Å². The summed E-state index contributed by atoms with van der Waals surface area (Å²) in [6, 6.07) is 11.1. The summed E-state index contributed by atoms with van der Waals surface area (Å²) < 4.78 is 31.1. The molecule has 4 aromatic rings. The quantitative estimate of drug-likeness (QED) is 0.267. The van der Waals surface area contributed by atoms with Crippen molar-refractivity contribution in [3.8, 4) is 28.5 Å². The molecule has 38 heavy (non-hydrogen) atoms. The maximum Gasteiger partial charge on any atom is 0.251 e.